The van der Waals surface area contributed by atoms with E-state index in [2.05, 4.69) is 5.32 Å². The maximum atomic E-state index is 12.5. The quantitative estimate of drug-likeness (QED) is 0.614. The highest BCUT2D eigenvalue weighted by Crippen LogP contribution is 2.39. The molecule has 1 amide bonds. The first kappa shape index (κ1) is 18.8. The molecule has 1 N–H and O–H groups in total. The third kappa shape index (κ3) is 4.29. The highest BCUT2D eigenvalue weighted by molar-refractivity contribution is 6.42. The van der Waals surface area contributed by atoms with Crippen LogP contribution in [0.25, 0.3) is 0 Å². The molecule has 0 saturated carbocycles. The Morgan fingerprint density at radius 2 is 2.08 bits per heavy atom. The summed E-state index contributed by atoms with van der Waals surface area (Å²) in [6.45, 7) is 4.55. The van der Waals surface area contributed by atoms with Crippen LogP contribution in [0.1, 0.15) is 31.7 Å². The second kappa shape index (κ2) is 8.51. The van der Waals surface area contributed by atoms with Crippen molar-refractivity contribution in [3.63, 3.8) is 0 Å². The normalized spacial score (nSPS) is 17.7. The molecule has 2 rings (SSSR count). The Hall–Kier alpha value is -1.56. The van der Waals surface area contributed by atoms with Crippen molar-refractivity contribution in [2.45, 2.75) is 26.2 Å². The molecule has 1 aromatic rings. The van der Waals surface area contributed by atoms with Gasteiger partial charge in [-0.1, -0.05) is 35.3 Å². The summed E-state index contributed by atoms with van der Waals surface area (Å²) >= 11 is 12.3. The summed E-state index contributed by atoms with van der Waals surface area (Å²) in [4.78, 5) is 24.4. The number of esters is 1. The van der Waals surface area contributed by atoms with Gasteiger partial charge in [0, 0.05) is 24.6 Å². The standard InChI is InChI=1S/C17H19Cl2NO4/c1-3-23-7-8-24-17(22)15-10(2)20-14(21)9-12(15)11-5-4-6-13(18)16(11)19/h4-6,12H,3,7-9H2,1-2H3,(H,20,21). The third-order valence-corrected chi connectivity index (χ3v) is 4.54. The smallest absolute Gasteiger partial charge is 0.336 e. The van der Waals surface area contributed by atoms with E-state index in [-0.39, 0.29) is 18.9 Å². The molecule has 0 saturated heterocycles. The number of amides is 1. The van der Waals surface area contributed by atoms with Crippen LogP contribution in [0.15, 0.2) is 29.5 Å². The number of allylic oxidation sites excluding steroid dienone is 1. The molecular weight excluding hydrogens is 353 g/mol. The Bertz CT molecular complexity index is 673. The topological polar surface area (TPSA) is 64.6 Å². The molecule has 1 aromatic carbocycles. The summed E-state index contributed by atoms with van der Waals surface area (Å²) < 4.78 is 10.4. The number of halogens is 2. The number of rotatable bonds is 6. The molecule has 1 aliphatic heterocycles. The van der Waals surface area contributed by atoms with E-state index in [1.807, 2.05) is 6.92 Å². The third-order valence-electron chi connectivity index (χ3n) is 3.71. The van der Waals surface area contributed by atoms with Gasteiger partial charge in [0.1, 0.15) is 6.61 Å². The van der Waals surface area contributed by atoms with Crippen molar-refractivity contribution in [1.29, 1.82) is 0 Å². The van der Waals surface area contributed by atoms with Gasteiger partial charge in [0.25, 0.3) is 0 Å². The number of benzene rings is 1. The van der Waals surface area contributed by atoms with Crippen molar-refractivity contribution in [2.24, 2.45) is 0 Å². The number of hydrogen-bond donors (Lipinski definition) is 1. The van der Waals surface area contributed by atoms with Gasteiger partial charge in [-0.15, -0.1) is 0 Å². The first-order chi connectivity index (χ1) is 11.5. The summed E-state index contributed by atoms with van der Waals surface area (Å²) in [5, 5.41) is 3.39. The minimum atomic E-state index is -0.496. The molecule has 0 radical (unpaired) electrons. The van der Waals surface area contributed by atoms with Gasteiger partial charge in [-0.2, -0.15) is 0 Å². The van der Waals surface area contributed by atoms with Gasteiger partial charge in [0.15, 0.2) is 0 Å². The molecule has 0 bridgehead atoms. The molecule has 130 valence electrons. The van der Waals surface area contributed by atoms with E-state index in [0.717, 1.165) is 0 Å². The molecule has 7 heteroatoms. The zero-order valence-corrected chi connectivity index (χ0v) is 15.0. The maximum absolute atomic E-state index is 12.5. The lowest BCUT2D eigenvalue weighted by Gasteiger charge is -2.27. The lowest BCUT2D eigenvalue weighted by Crippen LogP contribution is -2.34. The van der Waals surface area contributed by atoms with Crippen LogP contribution in [-0.4, -0.2) is 31.7 Å². The number of nitrogens with one attached hydrogen (secondary N) is 1. The molecular formula is C17H19Cl2NO4. The number of ether oxygens (including phenoxy) is 2. The highest BCUT2D eigenvalue weighted by atomic mass is 35.5. The fourth-order valence-electron chi connectivity index (χ4n) is 2.64. The molecule has 0 aliphatic carbocycles. The van der Waals surface area contributed by atoms with Gasteiger partial charge in [0.2, 0.25) is 5.91 Å². The van der Waals surface area contributed by atoms with E-state index >= 15 is 0 Å². The fraction of sp³-hybridized carbons (Fsp3) is 0.412. The maximum Gasteiger partial charge on any atom is 0.336 e. The van der Waals surface area contributed by atoms with Crippen LogP contribution < -0.4 is 5.32 Å². The molecule has 1 aliphatic rings. The average Bonchev–Trinajstić information content (AvgIpc) is 2.53. The Kier molecular flexibility index (Phi) is 6.66. The van der Waals surface area contributed by atoms with Crippen LogP contribution in [0.5, 0.6) is 0 Å². The van der Waals surface area contributed by atoms with E-state index in [1.165, 1.54) is 0 Å². The van der Waals surface area contributed by atoms with Crippen molar-refractivity contribution in [2.75, 3.05) is 19.8 Å². The van der Waals surface area contributed by atoms with Gasteiger partial charge >= 0.3 is 5.97 Å². The predicted octanol–water partition coefficient (Wildman–Crippen LogP) is 3.45. The molecule has 0 aromatic heterocycles. The Morgan fingerprint density at radius 3 is 2.79 bits per heavy atom. The van der Waals surface area contributed by atoms with Gasteiger partial charge < -0.3 is 14.8 Å². The van der Waals surface area contributed by atoms with Crippen LogP contribution in [-0.2, 0) is 19.1 Å². The van der Waals surface area contributed by atoms with Crippen LogP contribution in [0.4, 0.5) is 0 Å². The Balaban J connectivity index is 2.30. The van der Waals surface area contributed by atoms with Crippen LogP contribution in [0, 0.1) is 0 Å². The van der Waals surface area contributed by atoms with E-state index in [9.17, 15) is 9.59 Å². The van der Waals surface area contributed by atoms with Crippen LogP contribution >= 0.6 is 23.2 Å². The Labute approximate surface area is 150 Å². The molecule has 24 heavy (non-hydrogen) atoms. The molecule has 1 heterocycles. The van der Waals surface area contributed by atoms with E-state index < -0.39 is 11.9 Å². The largest absolute Gasteiger partial charge is 0.460 e. The molecule has 0 spiro atoms. The van der Waals surface area contributed by atoms with Crippen molar-refractivity contribution in [3.8, 4) is 0 Å². The van der Waals surface area contributed by atoms with Crippen molar-refractivity contribution in [1.82, 2.24) is 5.32 Å². The summed E-state index contributed by atoms with van der Waals surface area (Å²) in [6.07, 6.45) is 0.104. The lowest BCUT2D eigenvalue weighted by atomic mass is 9.84. The number of carbonyl (C=O) groups is 2. The summed E-state index contributed by atoms with van der Waals surface area (Å²) in [6, 6.07) is 5.16. The van der Waals surface area contributed by atoms with Gasteiger partial charge in [-0.25, -0.2) is 4.79 Å². The molecule has 1 atom stereocenters. The van der Waals surface area contributed by atoms with Gasteiger partial charge in [0.05, 0.1) is 22.2 Å². The van der Waals surface area contributed by atoms with Crippen molar-refractivity contribution >= 4 is 35.1 Å². The number of carbonyl (C=O) groups excluding carboxylic acids is 2. The minimum absolute atomic E-state index is 0.104. The van der Waals surface area contributed by atoms with Gasteiger partial charge in [-0.3, -0.25) is 4.79 Å². The predicted molar refractivity (Wildman–Crippen MR) is 92.1 cm³/mol. The van der Waals surface area contributed by atoms with E-state index in [0.29, 0.717) is 40.1 Å². The zero-order valence-electron chi connectivity index (χ0n) is 13.5. The molecule has 0 fully saturated rings. The van der Waals surface area contributed by atoms with Crippen LogP contribution in [0.3, 0.4) is 0 Å². The van der Waals surface area contributed by atoms with Gasteiger partial charge in [-0.05, 0) is 25.5 Å². The molecule has 5 nitrogen and oxygen atoms in total. The second-order valence-electron chi connectivity index (χ2n) is 5.32. The summed E-state index contributed by atoms with van der Waals surface area (Å²) in [7, 11) is 0. The zero-order chi connectivity index (χ0) is 17.7. The van der Waals surface area contributed by atoms with E-state index in [4.69, 9.17) is 32.7 Å². The fourth-order valence-corrected chi connectivity index (χ4v) is 3.08. The minimum Gasteiger partial charge on any atom is -0.460 e. The van der Waals surface area contributed by atoms with E-state index in [1.54, 1.807) is 25.1 Å². The second-order valence-corrected chi connectivity index (χ2v) is 6.10. The SMILES string of the molecule is CCOCCOC(=O)C1=C(C)NC(=O)CC1c1cccc(Cl)c1Cl. The summed E-state index contributed by atoms with van der Waals surface area (Å²) in [5.74, 6) is -1.17. The van der Waals surface area contributed by atoms with Crippen molar-refractivity contribution in [3.05, 3.63) is 45.1 Å². The van der Waals surface area contributed by atoms with Crippen LogP contribution in [0.2, 0.25) is 10.0 Å². The lowest BCUT2D eigenvalue weighted by molar-refractivity contribution is -0.141. The first-order valence-electron chi connectivity index (χ1n) is 7.65. The number of hydrogen-bond acceptors (Lipinski definition) is 4. The average molecular weight is 372 g/mol. The summed E-state index contributed by atoms with van der Waals surface area (Å²) in [5.41, 5.74) is 1.49. The Morgan fingerprint density at radius 1 is 1.33 bits per heavy atom. The first-order valence-corrected chi connectivity index (χ1v) is 8.40. The highest BCUT2D eigenvalue weighted by Gasteiger charge is 2.34. The van der Waals surface area contributed by atoms with Crippen molar-refractivity contribution < 1.29 is 19.1 Å². The molecule has 1 unspecified atom stereocenters. The monoisotopic (exact) mass is 371 g/mol.